The number of ether oxygens (including phenoxy) is 2. The molecule has 1 aromatic rings. The molecule has 1 atom stereocenters. The van der Waals surface area contributed by atoms with Gasteiger partial charge in [0.1, 0.15) is 12.4 Å². The highest BCUT2D eigenvalue weighted by Gasteiger charge is 2.09. The van der Waals surface area contributed by atoms with Gasteiger partial charge in [-0.3, -0.25) is 0 Å². The minimum atomic E-state index is 0.245. The minimum absolute atomic E-state index is 0.245. The summed E-state index contributed by atoms with van der Waals surface area (Å²) in [4.78, 5) is 0. The van der Waals surface area contributed by atoms with Crippen LogP contribution in [0.3, 0.4) is 0 Å². The molecule has 0 amide bonds. The second kappa shape index (κ2) is 8.11. The molecule has 3 heteroatoms. The average Bonchev–Trinajstić information content (AvgIpc) is 2.36. The standard InChI is InChI=1S/C15H25NO2/c1-5-8-16-14(10-17-4)11-18-15-9-12(2)6-7-13(15)3/h6-7,9,14,16H,5,8,10-11H2,1-4H3. The molecule has 0 aliphatic heterocycles. The predicted octanol–water partition coefficient (Wildman–Crippen LogP) is 2.70. The van der Waals surface area contributed by atoms with Gasteiger partial charge in [-0.1, -0.05) is 19.1 Å². The van der Waals surface area contributed by atoms with Crippen LogP contribution in [-0.4, -0.2) is 32.9 Å². The van der Waals surface area contributed by atoms with Crippen molar-refractivity contribution in [1.29, 1.82) is 0 Å². The first-order valence-corrected chi connectivity index (χ1v) is 6.59. The smallest absolute Gasteiger partial charge is 0.122 e. The van der Waals surface area contributed by atoms with Gasteiger partial charge in [0.05, 0.1) is 12.6 Å². The molecule has 1 aromatic carbocycles. The fourth-order valence-electron chi connectivity index (χ4n) is 1.77. The zero-order valence-corrected chi connectivity index (χ0v) is 12.0. The van der Waals surface area contributed by atoms with Gasteiger partial charge in [0.15, 0.2) is 0 Å². The molecule has 0 aliphatic rings. The summed E-state index contributed by atoms with van der Waals surface area (Å²) in [7, 11) is 1.72. The Labute approximate surface area is 110 Å². The summed E-state index contributed by atoms with van der Waals surface area (Å²) in [6.07, 6.45) is 1.11. The summed E-state index contributed by atoms with van der Waals surface area (Å²) in [5.74, 6) is 0.967. The highest BCUT2D eigenvalue weighted by molar-refractivity contribution is 5.35. The van der Waals surface area contributed by atoms with E-state index in [0.717, 1.165) is 18.7 Å². The van der Waals surface area contributed by atoms with Crippen molar-refractivity contribution >= 4 is 0 Å². The van der Waals surface area contributed by atoms with E-state index in [1.807, 2.05) is 0 Å². The van der Waals surface area contributed by atoms with Gasteiger partial charge in [0.25, 0.3) is 0 Å². The normalized spacial score (nSPS) is 12.4. The molecule has 0 bridgehead atoms. The first-order chi connectivity index (χ1) is 8.67. The second-order valence-electron chi connectivity index (χ2n) is 4.69. The topological polar surface area (TPSA) is 30.5 Å². The molecule has 0 heterocycles. The number of aryl methyl sites for hydroxylation is 2. The van der Waals surface area contributed by atoms with Crippen LogP contribution in [0.5, 0.6) is 5.75 Å². The summed E-state index contributed by atoms with van der Waals surface area (Å²) in [5.41, 5.74) is 2.40. The Kier molecular flexibility index (Phi) is 6.76. The van der Waals surface area contributed by atoms with E-state index in [2.05, 4.69) is 44.3 Å². The predicted molar refractivity (Wildman–Crippen MR) is 75.4 cm³/mol. The van der Waals surface area contributed by atoms with Gasteiger partial charge in [-0.15, -0.1) is 0 Å². The maximum atomic E-state index is 5.89. The Balaban J connectivity index is 2.52. The third-order valence-electron chi connectivity index (χ3n) is 2.83. The molecule has 0 saturated carbocycles. The quantitative estimate of drug-likeness (QED) is 0.770. The minimum Gasteiger partial charge on any atom is -0.492 e. The SMILES string of the molecule is CCCNC(COC)COc1cc(C)ccc1C. The van der Waals surface area contributed by atoms with Crippen LogP contribution in [0.25, 0.3) is 0 Å². The fraction of sp³-hybridized carbons (Fsp3) is 0.600. The van der Waals surface area contributed by atoms with Crippen molar-refractivity contribution in [2.24, 2.45) is 0 Å². The van der Waals surface area contributed by atoms with Crippen LogP contribution in [0, 0.1) is 13.8 Å². The zero-order chi connectivity index (χ0) is 13.4. The van der Waals surface area contributed by atoms with E-state index in [1.165, 1.54) is 11.1 Å². The number of rotatable bonds is 8. The van der Waals surface area contributed by atoms with Crippen LogP contribution < -0.4 is 10.1 Å². The third-order valence-corrected chi connectivity index (χ3v) is 2.83. The van der Waals surface area contributed by atoms with Gasteiger partial charge < -0.3 is 14.8 Å². The fourth-order valence-corrected chi connectivity index (χ4v) is 1.77. The van der Waals surface area contributed by atoms with Crippen LogP contribution in [0.2, 0.25) is 0 Å². The number of methoxy groups -OCH3 is 1. The third kappa shape index (κ3) is 5.07. The average molecular weight is 251 g/mol. The lowest BCUT2D eigenvalue weighted by Gasteiger charge is -2.19. The molecule has 102 valence electrons. The Hall–Kier alpha value is -1.06. The van der Waals surface area contributed by atoms with Crippen molar-refractivity contribution in [3.8, 4) is 5.75 Å². The Morgan fingerprint density at radius 1 is 1.22 bits per heavy atom. The van der Waals surface area contributed by atoms with Crippen LogP contribution in [0.4, 0.5) is 0 Å². The van der Waals surface area contributed by atoms with Gasteiger partial charge in [0.2, 0.25) is 0 Å². The molecule has 0 spiro atoms. The molecule has 0 radical (unpaired) electrons. The summed E-state index contributed by atoms with van der Waals surface area (Å²) in [6, 6.07) is 6.52. The van der Waals surface area contributed by atoms with E-state index >= 15 is 0 Å². The second-order valence-corrected chi connectivity index (χ2v) is 4.69. The van der Waals surface area contributed by atoms with E-state index in [4.69, 9.17) is 9.47 Å². The van der Waals surface area contributed by atoms with Gasteiger partial charge in [-0.2, -0.15) is 0 Å². The van der Waals surface area contributed by atoms with Gasteiger partial charge in [-0.05, 0) is 44.0 Å². The first kappa shape index (κ1) is 15.0. The van der Waals surface area contributed by atoms with E-state index < -0.39 is 0 Å². The molecular weight excluding hydrogens is 226 g/mol. The maximum Gasteiger partial charge on any atom is 0.122 e. The monoisotopic (exact) mass is 251 g/mol. The summed E-state index contributed by atoms with van der Waals surface area (Å²) >= 11 is 0. The van der Waals surface area contributed by atoms with Crippen molar-refractivity contribution in [2.45, 2.75) is 33.2 Å². The summed E-state index contributed by atoms with van der Waals surface area (Å²) in [6.45, 7) is 8.60. The zero-order valence-electron chi connectivity index (χ0n) is 12.0. The Morgan fingerprint density at radius 3 is 2.67 bits per heavy atom. The van der Waals surface area contributed by atoms with E-state index in [-0.39, 0.29) is 6.04 Å². The van der Waals surface area contributed by atoms with E-state index in [1.54, 1.807) is 7.11 Å². The molecule has 0 aromatic heterocycles. The van der Waals surface area contributed by atoms with Gasteiger partial charge >= 0.3 is 0 Å². The molecule has 0 aliphatic carbocycles. The maximum absolute atomic E-state index is 5.89. The lowest BCUT2D eigenvalue weighted by Crippen LogP contribution is -2.38. The van der Waals surface area contributed by atoms with Crippen LogP contribution in [0.15, 0.2) is 18.2 Å². The van der Waals surface area contributed by atoms with E-state index in [0.29, 0.717) is 13.2 Å². The van der Waals surface area contributed by atoms with Crippen LogP contribution in [0.1, 0.15) is 24.5 Å². The molecular formula is C15H25NO2. The molecule has 1 unspecified atom stereocenters. The number of nitrogens with one attached hydrogen (secondary N) is 1. The van der Waals surface area contributed by atoms with Crippen LogP contribution >= 0.6 is 0 Å². The highest BCUT2D eigenvalue weighted by atomic mass is 16.5. The summed E-state index contributed by atoms with van der Waals surface area (Å²) < 4.78 is 11.1. The number of hydrogen-bond donors (Lipinski definition) is 1. The molecule has 1 N–H and O–H groups in total. The van der Waals surface area contributed by atoms with Gasteiger partial charge in [-0.25, -0.2) is 0 Å². The molecule has 18 heavy (non-hydrogen) atoms. The molecule has 0 fully saturated rings. The summed E-state index contributed by atoms with van der Waals surface area (Å²) in [5, 5.41) is 3.42. The van der Waals surface area contributed by atoms with Crippen molar-refractivity contribution in [1.82, 2.24) is 5.32 Å². The van der Waals surface area contributed by atoms with Gasteiger partial charge in [0, 0.05) is 7.11 Å². The van der Waals surface area contributed by atoms with E-state index in [9.17, 15) is 0 Å². The highest BCUT2D eigenvalue weighted by Crippen LogP contribution is 2.19. The van der Waals surface area contributed by atoms with Crippen molar-refractivity contribution in [3.63, 3.8) is 0 Å². The Bertz CT molecular complexity index is 352. The van der Waals surface area contributed by atoms with Crippen molar-refractivity contribution in [2.75, 3.05) is 26.9 Å². The van der Waals surface area contributed by atoms with Crippen LogP contribution in [-0.2, 0) is 4.74 Å². The first-order valence-electron chi connectivity index (χ1n) is 6.59. The Morgan fingerprint density at radius 2 is 2.00 bits per heavy atom. The lowest BCUT2D eigenvalue weighted by molar-refractivity contribution is 0.136. The molecule has 3 nitrogen and oxygen atoms in total. The molecule has 0 saturated heterocycles. The molecule has 1 rings (SSSR count). The number of hydrogen-bond acceptors (Lipinski definition) is 3. The number of benzene rings is 1. The lowest BCUT2D eigenvalue weighted by atomic mass is 10.1. The van der Waals surface area contributed by atoms with Crippen molar-refractivity contribution < 1.29 is 9.47 Å². The van der Waals surface area contributed by atoms with Crippen molar-refractivity contribution in [3.05, 3.63) is 29.3 Å². The largest absolute Gasteiger partial charge is 0.492 e.